The van der Waals surface area contributed by atoms with Crippen LogP contribution in [0.5, 0.6) is 0 Å². The SMILES string of the molecule is COC(=O)Cc1ccc(CNCC2(N(C)C)CCC2)s1. The van der Waals surface area contributed by atoms with Crippen molar-refractivity contribution in [2.75, 3.05) is 27.7 Å². The monoisotopic (exact) mass is 296 g/mol. The maximum Gasteiger partial charge on any atom is 0.310 e. The summed E-state index contributed by atoms with van der Waals surface area (Å²) in [6, 6.07) is 4.11. The van der Waals surface area contributed by atoms with Crippen LogP contribution in [0.1, 0.15) is 29.0 Å². The molecule has 0 aromatic carbocycles. The van der Waals surface area contributed by atoms with Crippen molar-refractivity contribution in [2.24, 2.45) is 0 Å². The van der Waals surface area contributed by atoms with Crippen LogP contribution in [-0.2, 0) is 22.5 Å². The molecule has 0 saturated heterocycles. The van der Waals surface area contributed by atoms with Crippen molar-refractivity contribution in [3.8, 4) is 0 Å². The van der Waals surface area contributed by atoms with Crippen molar-refractivity contribution in [2.45, 2.75) is 37.8 Å². The quantitative estimate of drug-likeness (QED) is 0.782. The van der Waals surface area contributed by atoms with E-state index in [-0.39, 0.29) is 5.97 Å². The maximum absolute atomic E-state index is 11.2. The molecule has 1 aromatic heterocycles. The lowest BCUT2D eigenvalue weighted by Gasteiger charge is -2.47. The van der Waals surface area contributed by atoms with Gasteiger partial charge in [-0.2, -0.15) is 0 Å². The third-order valence-electron chi connectivity index (χ3n) is 4.25. The standard InChI is InChI=1S/C15H24N2O2S/c1-17(2)15(7-4-8-15)11-16-10-13-6-5-12(20-13)9-14(18)19-3/h5-6,16H,4,7-11H2,1-3H3. The molecule has 1 aliphatic carbocycles. The van der Waals surface area contributed by atoms with E-state index in [9.17, 15) is 4.79 Å². The van der Waals surface area contributed by atoms with E-state index in [1.165, 1.54) is 31.2 Å². The van der Waals surface area contributed by atoms with E-state index in [4.69, 9.17) is 0 Å². The van der Waals surface area contributed by atoms with Crippen LogP contribution in [0.25, 0.3) is 0 Å². The highest BCUT2D eigenvalue weighted by Gasteiger charge is 2.38. The predicted octanol–water partition coefficient (Wildman–Crippen LogP) is 2.04. The van der Waals surface area contributed by atoms with Gasteiger partial charge in [0.2, 0.25) is 0 Å². The largest absolute Gasteiger partial charge is 0.469 e. The molecule has 1 aromatic rings. The molecule has 20 heavy (non-hydrogen) atoms. The van der Waals surface area contributed by atoms with Crippen molar-refractivity contribution in [3.05, 3.63) is 21.9 Å². The van der Waals surface area contributed by atoms with Crippen molar-refractivity contribution < 1.29 is 9.53 Å². The number of ether oxygens (including phenoxy) is 1. The number of nitrogens with one attached hydrogen (secondary N) is 1. The zero-order valence-corrected chi connectivity index (χ0v) is 13.4. The Kier molecular flexibility index (Phi) is 5.18. The molecule has 0 unspecified atom stereocenters. The van der Waals surface area contributed by atoms with Gasteiger partial charge in [0.25, 0.3) is 0 Å². The number of hydrogen-bond donors (Lipinski definition) is 1. The second kappa shape index (κ2) is 6.70. The van der Waals surface area contributed by atoms with E-state index in [0.717, 1.165) is 18.0 Å². The highest BCUT2D eigenvalue weighted by atomic mass is 32.1. The van der Waals surface area contributed by atoms with Gasteiger partial charge in [0.05, 0.1) is 13.5 Å². The summed E-state index contributed by atoms with van der Waals surface area (Å²) < 4.78 is 4.68. The highest BCUT2D eigenvalue weighted by Crippen LogP contribution is 2.35. The number of carbonyl (C=O) groups excluding carboxylic acids is 1. The number of thiophene rings is 1. The third kappa shape index (κ3) is 3.59. The summed E-state index contributed by atoms with van der Waals surface area (Å²) in [5.74, 6) is -0.174. The van der Waals surface area contributed by atoms with E-state index >= 15 is 0 Å². The van der Waals surface area contributed by atoms with Crippen molar-refractivity contribution >= 4 is 17.3 Å². The molecule has 2 rings (SSSR count). The summed E-state index contributed by atoms with van der Waals surface area (Å²) in [7, 11) is 5.76. The average Bonchev–Trinajstić information content (AvgIpc) is 2.79. The van der Waals surface area contributed by atoms with Crippen molar-refractivity contribution in [1.82, 2.24) is 10.2 Å². The summed E-state index contributed by atoms with van der Waals surface area (Å²) in [6.07, 6.45) is 4.28. The Morgan fingerprint density at radius 2 is 2.10 bits per heavy atom. The molecule has 1 aliphatic rings. The molecule has 0 spiro atoms. The molecular formula is C15H24N2O2S. The topological polar surface area (TPSA) is 41.6 Å². The number of esters is 1. The maximum atomic E-state index is 11.2. The Morgan fingerprint density at radius 3 is 2.65 bits per heavy atom. The second-order valence-corrected chi connectivity index (χ2v) is 6.95. The Morgan fingerprint density at radius 1 is 1.40 bits per heavy atom. The number of carbonyl (C=O) groups is 1. The van der Waals surface area contributed by atoms with E-state index < -0.39 is 0 Å². The molecule has 4 nitrogen and oxygen atoms in total. The number of methoxy groups -OCH3 is 1. The van der Waals surface area contributed by atoms with Gasteiger partial charge in [0.1, 0.15) is 0 Å². The fraction of sp³-hybridized carbons (Fsp3) is 0.667. The number of nitrogens with zero attached hydrogens (tertiary/aromatic N) is 1. The van der Waals surface area contributed by atoms with Gasteiger partial charge in [-0.05, 0) is 45.5 Å². The molecule has 0 bridgehead atoms. The van der Waals surface area contributed by atoms with Crippen LogP contribution < -0.4 is 5.32 Å². The summed E-state index contributed by atoms with van der Waals surface area (Å²) >= 11 is 1.68. The Bertz CT molecular complexity index is 452. The van der Waals surface area contributed by atoms with Crippen LogP contribution in [-0.4, -0.2) is 44.2 Å². The first-order valence-corrected chi connectivity index (χ1v) is 7.90. The van der Waals surface area contributed by atoms with Crippen LogP contribution in [0.3, 0.4) is 0 Å². The van der Waals surface area contributed by atoms with Gasteiger partial charge in [0, 0.05) is 28.4 Å². The lowest BCUT2D eigenvalue weighted by Crippen LogP contribution is -2.56. The fourth-order valence-corrected chi connectivity index (χ4v) is 3.59. The molecule has 1 fully saturated rings. The van der Waals surface area contributed by atoms with Gasteiger partial charge >= 0.3 is 5.97 Å². The zero-order valence-electron chi connectivity index (χ0n) is 12.6. The molecule has 0 aliphatic heterocycles. The average molecular weight is 296 g/mol. The van der Waals surface area contributed by atoms with Crippen LogP contribution >= 0.6 is 11.3 Å². The zero-order chi connectivity index (χ0) is 14.6. The molecule has 1 heterocycles. The number of likely N-dealkylation sites (N-methyl/N-ethyl adjacent to an activating group) is 1. The molecule has 0 radical (unpaired) electrons. The molecule has 1 saturated carbocycles. The van der Waals surface area contributed by atoms with E-state index in [0.29, 0.717) is 12.0 Å². The fourth-order valence-electron chi connectivity index (χ4n) is 2.61. The first-order chi connectivity index (χ1) is 9.55. The lowest BCUT2D eigenvalue weighted by molar-refractivity contribution is -0.139. The molecule has 1 N–H and O–H groups in total. The minimum atomic E-state index is -0.174. The van der Waals surface area contributed by atoms with Gasteiger partial charge in [-0.25, -0.2) is 0 Å². The van der Waals surface area contributed by atoms with Gasteiger partial charge in [0.15, 0.2) is 0 Å². The summed E-state index contributed by atoms with van der Waals surface area (Å²) in [6.45, 7) is 1.91. The van der Waals surface area contributed by atoms with Crippen molar-refractivity contribution in [3.63, 3.8) is 0 Å². The highest BCUT2D eigenvalue weighted by molar-refractivity contribution is 7.12. The van der Waals surface area contributed by atoms with Gasteiger partial charge < -0.3 is 15.0 Å². The lowest BCUT2D eigenvalue weighted by atomic mass is 9.75. The first-order valence-electron chi connectivity index (χ1n) is 7.08. The molecule has 5 heteroatoms. The summed E-state index contributed by atoms with van der Waals surface area (Å²) in [5.41, 5.74) is 0.353. The summed E-state index contributed by atoms with van der Waals surface area (Å²) in [4.78, 5) is 15.9. The summed E-state index contributed by atoms with van der Waals surface area (Å²) in [5, 5.41) is 3.56. The number of hydrogen-bond acceptors (Lipinski definition) is 5. The molecule has 112 valence electrons. The number of rotatable bonds is 7. The predicted molar refractivity (Wildman–Crippen MR) is 82.0 cm³/mol. The smallest absolute Gasteiger partial charge is 0.310 e. The molecule has 0 atom stereocenters. The minimum Gasteiger partial charge on any atom is -0.469 e. The van der Waals surface area contributed by atoms with Gasteiger partial charge in [-0.3, -0.25) is 4.79 Å². The minimum absolute atomic E-state index is 0.174. The van der Waals surface area contributed by atoms with Crippen LogP contribution in [0.4, 0.5) is 0 Å². The van der Waals surface area contributed by atoms with Crippen LogP contribution in [0.15, 0.2) is 12.1 Å². The van der Waals surface area contributed by atoms with Gasteiger partial charge in [-0.15, -0.1) is 11.3 Å². The van der Waals surface area contributed by atoms with E-state index in [1.54, 1.807) is 11.3 Å². The van der Waals surface area contributed by atoms with Crippen molar-refractivity contribution in [1.29, 1.82) is 0 Å². The first kappa shape index (κ1) is 15.5. The Labute approximate surface area is 125 Å². The third-order valence-corrected chi connectivity index (χ3v) is 5.34. The van der Waals surface area contributed by atoms with Crippen LogP contribution in [0, 0.1) is 0 Å². The molecule has 0 amide bonds. The Balaban J connectivity index is 1.78. The van der Waals surface area contributed by atoms with E-state index in [1.807, 2.05) is 6.07 Å². The van der Waals surface area contributed by atoms with Crippen LogP contribution in [0.2, 0.25) is 0 Å². The Hall–Kier alpha value is -0.910. The van der Waals surface area contributed by atoms with E-state index in [2.05, 4.69) is 35.1 Å². The second-order valence-electron chi connectivity index (χ2n) is 5.70. The van der Waals surface area contributed by atoms with Gasteiger partial charge in [-0.1, -0.05) is 0 Å². The molecular weight excluding hydrogens is 272 g/mol. The normalized spacial score (nSPS) is 17.0.